The Kier molecular flexibility index (Phi) is 4.46. The number of nitrogens with zero attached hydrogens (tertiary/aromatic N) is 2. The Bertz CT molecular complexity index is 465. The van der Waals surface area contributed by atoms with Crippen molar-refractivity contribution in [2.24, 2.45) is 5.41 Å². The molecule has 0 aromatic carbocycles. The molecule has 0 radical (unpaired) electrons. The monoisotopic (exact) mass is 277 g/mol. The molecule has 7 heteroatoms. The van der Waals surface area contributed by atoms with Gasteiger partial charge in [0, 0.05) is 6.54 Å². The Balaban J connectivity index is 2.66. The van der Waals surface area contributed by atoms with Crippen LogP contribution in [0.5, 0.6) is 0 Å². The Labute approximate surface area is 107 Å². The van der Waals surface area contributed by atoms with Crippen LogP contribution in [0.15, 0.2) is 17.3 Å². The molecular formula is C10H16ClN3O2S. The maximum Gasteiger partial charge on any atom is 0.243 e. The fourth-order valence-electron chi connectivity index (χ4n) is 1.08. The van der Waals surface area contributed by atoms with E-state index in [1.54, 1.807) is 0 Å². The average Bonchev–Trinajstić information content (AvgIpc) is 2.15. The lowest BCUT2D eigenvalue weighted by atomic mass is 9.93. The lowest BCUT2D eigenvalue weighted by Crippen LogP contribution is -2.27. The molecular weight excluding hydrogens is 262 g/mol. The first-order valence-corrected chi connectivity index (χ1v) is 7.04. The van der Waals surface area contributed by atoms with Crippen LogP contribution in [0.4, 0.5) is 0 Å². The van der Waals surface area contributed by atoms with Crippen molar-refractivity contribution in [1.82, 2.24) is 14.7 Å². The second-order valence-corrected chi connectivity index (χ2v) is 7.00. The van der Waals surface area contributed by atoms with Gasteiger partial charge in [0.25, 0.3) is 0 Å². The van der Waals surface area contributed by atoms with Gasteiger partial charge < -0.3 is 0 Å². The van der Waals surface area contributed by atoms with E-state index in [2.05, 4.69) is 14.7 Å². The highest BCUT2D eigenvalue weighted by molar-refractivity contribution is 7.89. The van der Waals surface area contributed by atoms with Gasteiger partial charge in [-0.2, -0.15) is 0 Å². The summed E-state index contributed by atoms with van der Waals surface area (Å²) >= 11 is 5.49. The number of halogens is 1. The van der Waals surface area contributed by atoms with Crippen LogP contribution in [-0.4, -0.2) is 24.9 Å². The summed E-state index contributed by atoms with van der Waals surface area (Å²) < 4.78 is 26.1. The predicted octanol–water partition coefficient (Wildman–Crippen LogP) is 1.84. The molecule has 0 fully saturated rings. The third-order valence-corrected chi connectivity index (χ3v) is 3.68. The van der Waals surface area contributed by atoms with Gasteiger partial charge in [-0.15, -0.1) is 0 Å². The van der Waals surface area contributed by atoms with Crippen molar-refractivity contribution >= 4 is 21.6 Å². The Morgan fingerprint density at radius 2 is 1.82 bits per heavy atom. The standard InChI is InChI=1S/C10H16ClN3O2S/c1-10(2,3)4-5-14-17(15,16)8-6-12-9(11)13-7-8/h6-7,14H,4-5H2,1-3H3. The predicted molar refractivity (Wildman–Crippen MR) is 66.3 cm³/mol. The maximum absolute atomic E-state index is 11.8. The molecule has 96 valence electrons. The number of hydrogen-bond donors (Lipinski definition) is 1. The quantitative estimate of drug-likeness (QED) is 0.853. The molecule has 1 N–H and O–H groups in total. The summed E-state index contributed by atoms with van der Waals surface area (Å²) in [6, 6.07) is 0. The topological polar surface area (TPSA) is 72.0 Å². The zero-order valence-corrected chi connectivity index (χ0v) is 11.6. The second-order valence-electron chi connectivity index (χ2n) is 4.90. The van der Waals surface area contributed by atoms with Gasteiger partial charge in [0.05, 0.1) is 12.4 Å². The van der Waals surface area contributed by atoms with E-state index < -0.39 is 10.0 Å². The molecule has 0 amide bonds. The highest BCUT2D eigenvalue weighted by Gasteiger charge is 2.16. The van der Waals surface area contributed by atoms with Gasteiger partial charge in [-0.05, 0) is 23.4 Å². The minimum Gasteiger partial charge on any atom is -0.225 e. The van der Waals surface area contributed by atoms with E-state index in [9.17, 15) is 8.42 Å². The molecule has 0 spiro atoms. The van der Waals surface area contributed by atoms with E-state index in [1.807, 2.05) is 20.8 Å². The third-order valence-electron chi connectivity index (χ3n) is 2.07. The molecule has 5 nitrogen and oxygen atoms in total. The largest absolute Gasteiger partial charge is 0.243 e. The molecule has 0 aliphatic carbocycles. The van der Waals surface area contributed by atoms with Gasteiger partial charge in [-0.3, -0.25) is 0 Å². The molecule has 1 heterocycles. The van der Waals surface area contributed by atoms with Crippen LogP contribution >= 0.6 is 11.6 Å². The Morgan fingerprint density at radius 3 is 2.29 bits per heavy atom. The summed E-state index contributed by atoms with van der Waals surface area (Å²) in [5.41, 5.74) is 0.0824. The van der Waals surface area contributed by atoms with Crippen molar-refractivity contribution < 1.29 is 8.42 Å². The van der Waals surface area contributed by atoms with Crippen molar-refractivity contribution in [3.63, 3.8) is 0 Å². The first kappa shape index (κ1) is 14.3. The van der Waals surface area contributed by atoms with E-state index in [4.69, 9.17) is 11.6 Å². The molecule has 0 bridgehead atoms. The lowest BCUT2D eigenvalue weighted by molar-refractivity contribution is 0.378. The molecule has 0 aliphatic heterocycles. The van der Waals surface area contributed by atoms with Gasteiger partial charge in [0.1, 0.15) is 4.90 Å². The van der Waals surface area contributed by atoms with E-state index in [0.717, 1.165) is 6.42 Å². The average molecular weight is 278 g/mol. The van der Waals surface area contributed by atoms with Crippen molar-refractivity contribution in [3.05, 3.63) is 17.7 Å². The Hall–Kier alpha value is -0.720. The molecule has 17 heavy (non-hydrogen) atoms. The number of aromatic nitrogens is 2. The molecule has 0 atom stereocenters. The van der Waals surface area contributed by atoms with Crippen LogP contribution in [0.1, 0.15) is 27.2 Å². The first-order valence-electron chi connectivity index (χ1n) is 5.18. The normalized spacial score (nSPS) is 12.7. The number of hydrogen-bond acceptors (Lipinski definition) is 4. The summed E-state index contributed by atoms with van der Waals surface area (Å²) in [6.45, 7) is 6.53. The number of nitrogens with one attached hydrogen (secondary N) is 1. The first-order chi connectivity index (χ1) is 7.71. The second kappa shape index (κ2) is 5.29. The summed E-state index contributed by atoms with van der Waals surface area (Å²) in [5, 5.41) is 0.0265. The minimum atomic E-state index is -3.53. The van der Waals surface area contributed by atoms with E-state index in [1.165, 1.54) is 12.4 Å². The zero-order valence-electron chi connectivity index (χ0n) is 10.1. The molecule has 0 saturated carbocycles. The van der Waals surface area contributed by atoms with Gasteiger partial charge in [-0.25, -0.2) is 23.1 Å². The SMILES string of the molecule is CC(C)(C)CCNS(=O)(=O)c1cnc(Cl)nc1. The lowest BCUT2D eigenvalue weighted by Gasteiger charge is -2.17. The molecule has 1 aromatic heterocycles. The number of sulfonamides is 1. The van der Waals surface area contributed by atoms with Crippen LogP contribution in [-0.2, 0) is 10.0 Å². The highest BCUT2D eigenvalue weighted by atomic mass is 35.5. The highest BCUT2D eigenvalue weighted by Crippen LogP contribution is 2.17. The zero-order chi connectivity index (χ0) is 13.1. The smallest absolute Gasteiger partial charge is 0.225 e. The summed E-state index contributed by atoms with van der Waals surface area (Å²) in [6.07, 6.45) is 3.13. The summed E-state index contributed by atoms with van der Waals surface area (Å²) in [7, 11) is -3.53. The van der Waals surface area contributed by atoms with E-state index in [0.29, 0.717) is 6.54 Å². The van der Waals surface area contributed by atoms with Crippen molar-refractivity contribution in [2.45, 2.75) is 32.1 Å². The maximum atomic E-state index is 11.8. The van der Waals surface area contributed by atoms with Crippen LogP contribution < -0.4 is 4.72 Å². The van der Waals surface area contributed by atoms with Crippen LogP contribution in [0.2, 0.25) is 5.28 Å². The van der Waals surface area contributed by atoms with Gasteiger partial charge in [-0.1, -0.05) is 20.8 Å². The van der Waals surface area contributed by atoms with Crippen LogP contribution in [0.3, 0.4) is 0 Å². The third kappa shape index (κ3) is 4.97. The molecule has 0 unspecified atom stereocenters. The van der Waals surface area contributed by atoms with Crippen molar-refractivity contribution in [1.29, 1.82) is 0 Å². The summed E-state index contributed by atoms with van der Waals surface area (Å²) in [4.78, 5) is 7.30. The summed E-state index contributed by atoms with van der Waals surface area (Å²) in [5.74, 6) is 0. The molecule has 0 aliphatic rings. The molecule has 1 rings (SSSR count). The van der Waals surface area contributed by atoms with Gasteiger partial charge >= 0.3 is 0 Å². The fourth-order valence-corrected chi connectivity index (χ4v) is 2.10. The number of rotatable bonds is 4. The van der Waals surface area contributed by atoms with Crippen molar-refractivity contribution in [2.75, 3.05) is 6.54 Å². The van der Waals surface area contributed by atoms with Crippen LogP contribution in [0.25, 0.3) is 0 Å². The molecule has 1 aromatic rings. The van der Waals surface area contributed by atoms with Crippen LogP contribution in [0, 0.1) is 5.41 Å². The van der Waals surface area contributed by atoms with E-state index in [-0.39, 0.29) is 15.6 Å². The van der Waals surface area contributed by atoms with Gasteiger partial charge in [0.2, 0.25) is 15.3 Å². The minimum absolute atomic E-state index is 0.0239. The molecule has 0 saturated heterocycles. The van der Waals surface area contributed by atoms with Crippen molar-refractivity contribution in [3.8, 4) is 0 Å². The van der Waals surface area contributed by atoms with Gasteiger partial charge in [0.15, 0.2) is 0 Å². The Morgan fingerprint density at radius 1 is 1.29 bits per heavy atom. The fraction of sp³-hybridized carbons (Fsp3) is 0.600. The van der Waals surface area contributed by atoms with E-state index >= 15 is 0 Å².